The molecule has 0 bridgehead atoms. The number of hydrogen-bond acceptors (Lipinski definition) is 5. The highest BCUT2D eigenvalue weighted by Gasteiger charge is 2.63. The third-order valence-corrected chi connectivity index (χ3v) is 14.8. The third kappa shape index (κ3) is 14.6. The number of unbranched alkanes of at least 4 members (excludes halogenated alkanes) is 1. The first-order valence-corrected chi connectivity index (χ1v) is 23.4. The Morgan fingerprint density at radius 1 is 0.729 bits per heavy atom. The molecule has 0 spiro atoms. The van der Waals surface area contributed by atoms with Gasteiger partial charge >= 0.3 is 11.9 Å². The maximum Gasteiger partial charge on any atom is 0.322 e. The highest BCUT2D eigenvalue weighted by atomic mass is 16.5. The first-order valence-electron chi connectivity index (χ1n) is 23.4. The molecule has 7 heteroatoms. The van der Waals surface area contributed by atoms with Crippen molar-refractivity contribution in [2.75, 3.05) is 6.54 Å². The van der Waals surface area contributed by atoms with Gasteiger partial charge in [-0.05, 0) is 162 Å². The van der Waals surface area contributed by atoms with E-state index >= 15 is 0 Å². The Balaban J connectivity index is 1.08. The molecule has 0 saturated heterocycles. The molecule has 0 aromatic carbocycles. The number of fused-ring (bicyclic) bond motifs is 5. The molecule has 0 radical (unpaired) electrons. The number of aliphatic hydroxyl groups excluding tert-OH is 1. The van der Waals surface area contributed by atoms with Crippen LogP contribution in [0.4, 0.5) is 0 Å². The molecule has 4 fully saturated rings. The number of nitrogens with one attached hydrogen (secondary N) is 1. The van der Waals surface area contributed by atoms with E-state index in [1.807, 2.05) is 0 Å². The van der Waals surface area contributed by atoms with Gasteiger partial charge in [0, 0.05) is 12.8 Å². The summed E-state index contributed by atoms with van der Waals surface area (Å²) >= 11 is 0. The lowest BCUT2D eigenvalue weighted by Crippen LogP contribution is -2.59. The van der Waals surface area contributed by atoms with Crippen LogP contribution in [0.25, 0.3) is 0 Å². The summed E-state index contributed by atoms with van der Waals surface area (Å²) in [5, 5.41) is 23.3. The molecule has 10 unspecified atom stereocenters. The van der Waals surface area contributed by atoms with Crippen molar-refractivity contribution in [3.63, 3.8) is 0 Å². The van der Waals surface area contributed by atoms with Crippen molar-refractivity contribution in [3.8, 4) is 0 Å². The number of carbonyl (C=O) groups excluding carboxylic acids is 2. The van der Waals surface area contributed by atoms with Crippen LogP contribution >= 0.6 is 0 Å². The lowest BCUT2D eigenvalue weighted by atomic mass is 9.43. The van der Waals surface area contributed by atoms with Gasteiger partial charge in [0.15, 0.2) is 0 Å². The number of carboxylic acids is 1. The predicted octanol–water partition coefficient (Wildman–Crippen LogP) is 12.0. The molecular weight excluding hydrogens is 735 g/mol. The number of rotatable bonds is 24. The molecule has 0 aliphatic heterocycles. The molecule has 328 valence electrons. The van der Waals surface area contributed by atoms with Crippen molar-refractivity contribution in [1.82, 2.24) is 5.32 Å². The summed E-state index contributed by atoms with van der Waals surface area (Å²) in [6, 6.07) is 0. The van der Waals surface area contributed by atoms with Crippen LogP contribution in [0.1, 0.15) is 156 Å². The molecular formula is C52H79NO6. The Bertz CT molecular complexity index is 1520. The normalized spacial score (nSPS) is 31.5. The van der Waals surface area contributed by atoms with E-state index in [0.29, 0.717) is 48.9 Å². The van der Waals surface area contributed by atoms with E-state index < -0.39 is 5.97 Å². The van der Waals surface area contributed by atoms with E-state index in [1.165, 1.54) is 12.8 Å². The SMILES string of the molecule is CC/C=C\C/C=C\C/C=C\C/C=C\C/C=C\C/C=C\C/C=C\CCCC(=O)OC1CCC2(C)C(CCC3C2CC(O)C2(C)C(C(C)CCC(=O)NCC(=O)O)CCC32)C1. The summed E-state index contributed by atoms with van der Waals surface area (Å²) in [5.41, 5.74) is 0.00538. The Morgan fingerprint density at radius 2 is 1.31 bits per heavy atom. The number of esters is 1. The monoisotopic (exact) mass is 814 g/mol. The fourth-order valence-electron chi connectivity index (χ4n) is 11.6. The summed E-state index contributed by atoms with van der Waals surface area (Å²) in [4.78, 5) is 36.0. The quantitative estimate of drug-likeness (QED) is 0.0508. The summed E-state index contributed by atoms with van der Waals surface area (Å²) in [7, 11) is 0. The van der Waals surface area contributed by atoms with Crippen LogP contribution in [0, 0.1) is 46.3 Å². The molecule has 4 aliphatic carbocycles. The molecule has 4 saturated carbocycles. The minimum absolute atomic E-state index is 0.00367. The molecule has 1 amide bonds. The molecule has 0 heterocycles. The van der Waals surface area contributed by atoms with E-state index in [0.717, 1.165) is 96.3 Å². The first kappa shape index (κ1) is 48.2. The Kier molecular flexibility index (Phi) is 20.7. The van der Waals surface area contributed by atoms with Gasteiger partial charge in [0.2, 0.25) is 5.91 Å². The fourth-order valence-corrected chi connectivity index (χ4v) is 11.6. The molecule has 4 rings (SSSR count). The average Bonchev–Trinajstić information content (AvgIpc) is 3.58. The molecule has 0 aromatic heterocycles. The van der Waals surface area contributed by atoms with Crippen molar-refractivity contribution in [2.24, 2.45) is 46.3 Å². The maximum atomic E-state index is 12.9. The molecule has 10 atom stereocenters. The minimum Gasteiger partial charge on any atom is -0.480 e. The van der Waals surface area contributed by atoms with Crippen LogP contribution in [0.5, 0.6) is 0 Å². The highest BCUT2D eigenvalue weighted by molar-refractivity contribution is 5.81. The standard InChI is InChI=1S/C52H79NO6/c1-5-6-7-8-9-10-11-12-13-14-15-16-17-18-19-20-21-22-23-24-25-26-27-28-50(58)59-42-35-36-51(3)41(37-42)30-31-43-45-33-32-44(52(45,4)47(54)38-46(43)51)40(2)29-34-48(55)53-39-49(56)57/h6-7,9-10,12-13,15-16,18-19,21-22,24-25,40-47,54H,5,8,11,14,17,20,23,26-39H2,1-4H3,(H,53,55)(H,56,57)/b7-6-,10-9-,13-12-,16-15-,19-18-,22-21-,25-24-. The van der Waals surface area contributed by atoms with Crippen LogP contribution in [0.15, 0.2) is 85.1 Å². The third-order valence-electron chi connectivity index (χ3n) is 14.8. The second-order valence-electron chi connectivity index (χ2n) is 18.5. The van der Waals surface area contributed by atoms with Gasteiger partial charge < -0.3 is 20.3 Å². The van der Waals surface area contributed by atoms with Gasteiger partial charge in [-0.25, -0.2) is 0 Å². The number of allylic oxidation sites excluding steroid dienone is 14. The van der Waals surface area contributed by atoms with Crippen molar-refractivity contribution in [1.29, 1.82) is 0 Å². The van der Waals surface area contributed by atoms with Gasteiger partial charge in [-0.15, -0.1) is 0 Å². The largest absolute Gasteiger partial charge is 0.480 e. The number of ether oxygens (including phenoxy) is 1. The highest BCUT2D eigenvalue weighted by Crippen LogP contribution is 2.68. The Hall–Kier alpha value is -3.45. The van der Waals surface area contributed by atoms with E-state index in [1.54, 1.807) is 0 Å². The molecule has 7 nitrogen and oxygen atoms in total. The van der Waals surface area contributed by atoms with Crippen LogP contribution in [0.3, 0.4) is 0 Å². The lowest BCUT2D eigenvalue weighted by Gasteiger charge is -2.62. The van der Waals surface area contributed by atoms with Gasteiger partial charge in [0.1, 0.15) is 12.6 Å². The van der Waals surface area contributed by atoms with Gasteiger partial charge in [-0.3, -0.25) is 14.4 Å². The van der Waals surface area contributed by atoms with E-state index in [-0.39, 0.29) is 47.4 Å². The van der Waals surface area contributed by atoms with Crippen LogP contribution in [0.2, 0.25) is 0 Å². The summed E-state index contributed by atoms with van der Waals surface area (Å²) in [5.74, 6) is 1.43. The molecule has 0 aromatic rings. The van der Waals surface area contributed by atoms with Gasteiger partial charge in [0.25, 0.3) is 0 Å². The molecule has 4 aliphatic rings. The zero-order chi connectivity index (χ0) is 42.5. The minimum atomic E-state index is -1.03. The summed E-state index contributed by atoms with van der Waals surface area (Å²) < 4.78 is 6.09. The van der Waals surface area contributed by atoms with Gasteiger partial charge in [-0.2, -0.15) is 0 Å². The Morgan fingerprint density at radius 3 is 1.88 bits per heavy atom. The molecule has 59 heavy (non-hydrogen) atoms. The predicted molar refractivity (Wildman–Crippen MR) is 241 cm³/mol. The number of hydrogen-bond donors (Lipinski definition) is 3. The first-order chi connectivity index (χ1) is 28.5. The van der Waals surface area contributed by atoms with E-state index in [2.05, 4.69) is 118 Å². The van der Waals surface area contributed by atoms with E-state index in [4.69, 9.17) is 9.84 Å². The van der Waals surface area contributed by atoms with Crippen molar-refractivity contribution in [2.45, 2.75) is 168 Å². The van der Waals surface area contributed by atoms with Crippen molar-refractivity contribution in [3.05, 3.63) is 85.1 Å². The van der Waals surface area contributed by atoms with Gasteiger partial charge in [0.05, 0.1) is 6.10 Å². The Labute approximate surface area is 357 Å². The van der Waals surface area contributed by atoms with Crippen LogP contribution in [-0.4, -0.2) is 46.8 Å². The average molecular weight is 814 g/mol. The summed E-state index contributed by atoms with van der Waals surface area (Å²) in [6.07, 6.45) is 49.0. The van der Waals surface area contributed by atoms with Crippen LogP contribution in [-0.2, 0) is 19.1 Å². The van der Waals surface area contributed by atoms with E-state index in [9.17, 15) is 19.5 Å². The second-order valence-corrected chi connectivity index (χ2v) is 18.5. The zero-order valence-corrected chi connectivity index (χ0v) is 37.1. The zero-order valence-electron chi connectivity index (χ0n) is 37.1. The number of aliphatic hydroxyl groups is 1. The summed E-state index contributed by atoms with van der Waals surface area (Å²) in [6.45, 7) is 8.83. The number of carboxylic acid groups (broad SMARTS) is 1. The number of carbonyl (C=O) groups is 3. The number of aliphatic carboxylic acids is 1. The van der Waals surface area contributed by atoms with Crippen molar-refractivity contribution < 1.29 is 29.3 Å². The second kappa shape index (κ2) is 25.4. The maximum absolute atomic E-state index is 12.9. The van der Waals surface area contributed by atoms with Gasteiger partial charge in [-0.1, -0.05) is 113 Å². The van der Waals surface area contributed by atoms with Crippen LogP contribution < -0.4 is 5.32 Å². The van der Waals surface area contributed by atoms with Crippen molar-refractivity contribution >= 4 is 17.8 Å². The number of amides is 1. The lowest BCUT2D eigenvalue weighted by molar-refractivity contribution is -0.181. The fraction of sp³-hybridized carbons (Fsp3) is 0.673. The topological polar surface area (TPSA) is 113 Å². The molecule has 3 N–H and O–H groups in total. The smallest absolute Gasteiger partial charge is 0.322 e.